The van der Waals surface area contributed by atoms with Gasteiger partial charge in [-0.1, -0.05) is 31.2 Å². The molecule has 0 amide bonds. The first kappa shape index (κ1) is 9.99. The zero-order valence-corrected chi connectivity index (χ0v) is 8.64. The number of hydrogen-bond acceptors (Lipinski definition) is 2. The van der Waals surface area contributed by atoms with E-state index in [0.717, 1.165) is 16.3 Å². The van der Waals surface area contributed by atoms with Crippen LogP contribution in [0.3, 0.4) is 0 Å². The molecule has 0 aliphatic rings. The molecule has 15 heavy (non-hydrogen) atoms. The summed E-state index contributed by atoms with van der Waals surface area (Å²) in [6.07, 6.45) is 0. The van der Waals surface area contributed by atoms with Gasteiger partial charge in [0.25, 0.3) is 0 Å². The molecule has 1 atom stereocenters. The van der Waals surface area contributed by atoms with Gasteiger partial charge in [0.05, 0.1) is 0 Å². The molecule has 0 saturated carbocycles. The van der Waals surface area contributed by atoms with Crippen LogP contribution in [-0.2, 0) is 0 Å². The van der Waals surface area contributed by atoms with Gasteiger partial charge in [-0.15, -0.1) is 0 Å². The highest BCUT2D eigenvalue weighted by molar-refractivity contribution is 5.87. The Bertz CT molecular complexity index is 477. The summed E-state index contributed by atoms with van der Waals surface area (Å²) in [5.41, 5.74) is 1.07. The lowest BCUT2D eigenvalue weighted by atomic mass is 9.95. The van der Waals surface area contributed by atoms with Crippen molar-refractivity contribution in [3.63, 3.8) is 0 Å². The summed E-state index contributed by atoms with van der Waals surface area (Å²) in [5, 5.41) is 20.7. The van der Waals surface area contributed by atoms with Crippen LogP contribution in [0, 0.1) is 0 Å². The third kappa shape index (κ3) is 1.81. The van der Waals surface area contributed by atoms with Crippen LogP contribution in [-0.4, -0.2) is 16.8 Å². The molecule has 2 aromatic rings. The van der Waals surface area contributed by atoms with E-state index < -0.39 is 0 Å². The summed E-state index contributed by atoms with van der Waals surface area (Å²) < 4.78 is 0. The predicted molar refractivity (Wildman–Crippen MR) is 61.1 cm³/mol. The van der Waals surface area contributed by atoms with Gasteiger partial charge >= 0.3 is 0 Å². The number of benzene rings is 2. The Kier molecular flexibility index (Phi) is 2.60. The summed E-state index contributed by atoms with van der Waals surface area (Å²) in [5.74, 6) is 0.357. The summed E-state index contributed by atoms with van der Waals surface area (Å²) >= 11 is 0. The van der Waals surface area contributed by atoms with E-state index in [1.807, 2.05) is 31.2 Å². The van der Waals surface area contributed by atoms with Crippen molar-refractivity contribution < 1.29 is 10.2 Å². The number of fused-ring (bicyclic) bond motifs is 1. The van der Waals surface area contributed by atoms with Crippen LogP contribution >= 0.6 is 0 Å². The minimum absolute atomic E-state index is 0.0931. The van der Waals surface area contributed by atoms with E-state index in [4.69, 9.17) is 5.11 Å². The number of hydrogen-bond donors (Lipinski definition) is 2. The first-order valence-electron chi connectivity index (χ1n) is 5.05. The molecule has 78 valence electrons. The normalized spacial score (nSPS) is 12.9. The molecule has 2 heteroatoms. The fourth-order valence-electron chi connectivity index (χ4n) is 1.81. The number of rotatable bonds is 2. The molecule has 0 aliphatic heterocycles. The average molecular weight is 202 g/mol. The summed E-state index contributed by atoms with van der Waals surface area (Å²) in [4.78, 5) is 0. The molecule has 2 nitrogen and oxygen atoms in total. The predicted octanol–water partition coefficient (Wildman–Crippen LogP) is 2.64. The maximum atomic E-state index is 9.45. The van der Waals surface area contributed by atoms with E-state index in [2.05, 4.69) is 0 Å². The van der Waals surface area contributed by atoms with Crippen LogP contribution < -0.4 is 0 Å². The monoisotopic (exact) mass is 202 g/mol. The molecule has 2 rings (SSSR count). The summed E-state index contributed by atoms with van der Waals surface area (Å²) in [6, 6.07) is 11.3. The van der Waals surface area contributed by atoms with Crippen molar-refractivity contribution >= 4 is 10.8 Å². The Labute approximate surface area is 88.8 Å². The quantitative estimate of drug-likeness (QED) is 0.786. The van der Waals surface area contributed by atoms with Crippen molar-refractivity contribution in [3.05, 3.63) is 42.0 Å². The number of aliphatic hydroxyl groups excluding tert-OH is 1. The summed E-state index contributed by atoms with van der Waals surface area (Å²) in [6.45, 7) is 2.09. The van der Waals surface area contributed by atoms with Gasteiger partial charge in [-0.3, -0.25) is 0 Å². The number of phenols is 1. The van der Waals surface area contributed by atoms with Crippen molar-refractivity contribution in [3.8, 4) is 5.75 Å². The molecular weight excluding hydrogens is 188 g/mol. The average Bonchev–Trinajstić information content (AvgIpc) is 2.27. The molecule has 0 heterocycles. The van der Waals surface area contributed by atoms with E-state index >= 15 is 0 Å². The van der Waals surface area contributed by atoms with E-state index in [9.17, 15) is 5.11 Å². The van der Waals surface area contributed by atoms with E-state index in [0.29, 0.717) is 0 Å². The Morgan fingerprint density at radius 1 is 1.20 bits per heavy atom. The van der Waals surface area contributed by atoms with E-state index in [-0.39, 0.29) is 18.3 Å². The van der Waals surface area contributed by atoms with Crippen LogP contribution in [0.25, 0.3) is 10.8 Å². The highest BCUT2D eigenvalue weighted by atomic mass is 16.3. The van der Waals surface area contributed by atoms with Gasteiger partial charge in [0, 0.05) is 12.5 Å². The lowest BCUT2D eigenvalue weighted by Gasteiger charge is -2.12. The number of aliphatic hydroxyl groups is 1. The molecule has 0 radical (unpaired) electrons. The van der Waals surface area contributed by atoms with Gasteiger partial charge in [0.2, 0.25) is 0 Å². The molecule has 0 spiro atoms. The maximum absolute atomic E-state index is 9.45. The second kappa shape index (κ2) is 3.91. The Balaban J connectivity index is 2.68. The van der Waals surface area contributed by atoms with Crippen LogP contribution in [0.5, 0.6) is 5.75 Å². The first-order valence-corrected chi connectivity index (χ1v) is 5.05. The van der Waals surface area contributed by atoms with Crippen molar-refractivity contribution in [1.29, 1.82) is 0 Å². The lowest BCUT2D eigenvalue weighted by molar-refractivity contribution is 0.273. The highest BCUT2D eigenvalue weighted by Crippen LogP contribution is 2.28. The molecular formula is C13H14O2. The van der Waals surface area contributed by atoms with Crippen molar-refractivity contribution in [2.24, 2.45) is 0 Å². The van der Waals surface area contributed by atoms with Crippen molar-refractivity contribution in [2.75, 3.05) is 6.61 Å². The fourth-order valence-corrected chi connectivity index (χ4v) is 1.81. The van der Waals surface area contributed by atoms with Crippen molar-refractivity contribution in [2.45, 2.75) is 12.8 Å². The highest BCUT2D eigenvalue weighted by Gasteiger charge is 2.08. The number of phenolic OH excluding ortho intramolecular Hbond substituents is 1. The molecule has 0 aromatic heterocycles. The zero-order valence-electron chi connectivity index (χ0n) is 8.64. The second-order valence-corrected chi connectivity index (χ2v) is 3.84. The fraction of sp³-hybridized carbons (Fsp3) is 0.231. The summed E-state index contributed by atoms with van der Waals surface area (Å²) in [7, 11) is 0. The molecule has 0 aliphatic carbocycles. The SMILES string of the molecule is CC(CO)c1cccc2ccc(O)cc12. The van der Waals surface area contributed by atoms with Crippen LogP contribution in [0.4, 0.5) is 0 Å². The van der Waals surface area contributed by atoms with Crippen molar-refractivity contribution in [1.82, 2.24) is 0 Å². The van der Waals surface area contributed by atoms with Gasteiger partial charge in [-0.25, -0.2) is 0 Å². The Morgan fingerprint density at radius 3 is 2.73 bits per heavy atom. The van der Waals surface area contributed by atoms with E-state index in [1.54, 1.807) is 12.1 Å². The topological polar surface area (TPSA) is 40.5 Å². The second-order valence-electron chi connectivity index (χ2n) is 3.84. The standard InChI is InChI=1S/C13H14O2/c1-9(8-14)12-4-2-3-10-5-6-11(15)7-13(10)12/h2-7,9,14-15H,8H2,1H3. The Morgan fingerprint density at radius 2 is 2.00 bits per heavy atom. The van der Waals surface area contributed by atoms with Crippen LogP contribution in [0.1, 0.15) is 18.4 Å². The number of aromatic hydroxyl groups is 1. The molecule has 0 saturated heterocycles. The third-order valence-electron chi connectivity index (χ3n) is 2.70. The molecule has 0 fully saturated rings. The largest absolute Gasteiger partial charge is 0.508 e. The van der Waals surface area contributed by atoms with E-state index in [1.165, 1.54) is 0 Å². The minimum Gasteiger partial charge on any atom is -0.508 e. The van der Waals surface area contributed by atoms with Gasteiger partial charge in [-0.2, -0.15) is 0 Å². The van der Waals surface area contributed by atoms with Crippen LogP contribution in [0.15, 0.2) is 36.4 Å². The van der Waals surface area contributed by atoms with Gasteiger partial charge in [0.1, 0.15) is 5.75 Å². The third-order valence-corrected chi connectivity index (χ3v) is 2.70. The first-order chi connectivity index (χ1) is 7.22. The minimum atomic E-state index is 0.0931. The maximum Gasteiger partial charge on any atom is 0.116 e. The smallest absolute Gasteiger partial charge is 0.116 e. The lowest BCUT2D eigenvalue weighted by Crippen LogP contribution is -1.99. The van der Waals surface area contributed by atoms with Gasteiger partial charge in [-0.05, 0) is 28.5 Å². The molecule has 0 bridgehead atoms. The zero-order chi connectivity index (χ0) is 10.8. The van der Waals surface area contributed by atoms with Gasteiger partial charge in [0.15, 0.2) is 0 Å². The van der Waals surface area contributed by atoms with Crippen LogP contribution in [0.2, 0.25) is 0 Å². The molecule has 2 N–H and O–H groups in total. The molecule has 1 unspecified atom stereocenters. The Hall–Kier alpha value is -1.54. The molecule has 2 aromatic carbocycles. The van der Waals surface area contributed by atoms with Gasteiger partial charge < -0.3 is 10.2 Å².